The summed E-state index contributed by atoms with van der Waals surface area (Å²) in [4.78, 5) is 24.9. The molecule has 2 aliphatic heterocycles. The number of hydrogen-bond donors (Lipinski definition) is 4. The second-order valence-corrected chi connectivity index (χ2v) is 13.0. The van der Waals surface area contributed by atoms with Gasteiger partial charge in [0.25, 0.3) is 0 Å². The molecule has 8 nitrogen and oxygen atoms in total. The third-order valence-corrected chi connectivity index (χ3v) is 6.87. The van der Waals surface area contributed by atoms with E-state index in [4.69, 9.17) is 28.3 Å². The maximum absolute atomic E-state index is 14.0. The van der Waals surface area contributed by atoms with Crippen molar-refractivity contribution < 1.29 is 19.1 Å². The van der Waals surface area contributed by atoms with Crippen molar-refractivity contribution in [3.8, 4) is 0 Å². The Bertz CT molecular complexity index is 978. The van der Waals surface area contributed by atoms with Crippen LogP contribution in [0.3, 0.4) is 0 Å². The number of halogens is 3. The zero-order valence-electron chi connectivity index (χ0n) is 27.1. The van der Waals surface area contributed by atoms with E-state index in [1.54, 1.807) is 19.1 Å². The Morgan fingerprint density at radius 1 is 1.07 bits per heavy atom. The van der Waals surface area contributed by atoms with Crippen molar-refractivity contribution >= 4 is 36.0 Å². The number of nitrogens with one attached hydrogen (secondary N) is 3. The minimum absolute atomic E-state index is 0.0466. The number of β-amino-alcohol motifs (C(OH)–C–C–N with tert-alkyl or cyclic N) is 1. The topological polar surface area (TPSA) is 96.9 Å². The summed E-state index contributed by atoms with van der Waals surface area (Å²) < 4.78 is 14.0. The summed E-state index contributed by atoms with van der Waals surface area (Å²) in [7, 11) is 0. The Labute approximate surface area is 274 Å². The summed E-state index contributed by atoms with van der Waals surface area (Å²) in [5.41, 5.74) is 0.973. The summed E-state index contributed by atoms with van der Waals surface area (Å²) in [5, 5.41) is 17.7. The van der Waals surface area contributed by atoms with Crippen LogP contribution in [0.4, 0.5) is 4.39 Å². The summed E-state index contributed by atoms with van der Waals surface area (Å²) >= 11 is 11.7. The molecule has 2 heterocycles. The summed E-state index contributed by atoms with van der Waals surface area (Å²) in [6, 6.07) is 0. The molecule has 2 aliphatic rings. The van der Waals surface area contributed by atoms with E-state index in [0.717, 1.165) is 71.7 Å². The Kier molecular flexibility index (Phi) is 23.7. The lowest BCUT2D eigenvalue weighted by Gasteiger charge is -2.34. The van der Waals surface area contributed by atoms with E-state index < -0.39 is 5.83 Å². The highest BCUT2D eigenvalue weighted by Crippen LogP contribution is 2.24. The highest BCUT2D eigenvalue weighted by atomic mass is 35.5. The number of amides is 2. The van der Waals surface area contributed by atoms with Crippen molar-refractivity contribution in [2.45, 2.75) is 41.0 Å². The number of nitrogens with zero attached hydrogens (tertiary/aromatic N) is 2. The molecule has 2 atom stereocenters. The minimum Gasteiger partial charge on any atom is -0.395 e. The lowest BCUT2D eigenvalue weighted by atomic mass is 9.92. The van der Waals surface area contributed by atoms with Crippen molar-refractivity contribution in [3.63, 3.8) is 0 Å². The predicted octanol–water partition coefficient (Wildman–Crippen LogP) is 5.10. The van der Waals surface area contributed by atoms with Crippen LogP contribution in [0, 0.1) is 17.3 Å². The standard InChI is InChI=1S/C19H23Cl2FN2O.C9H19N3O2.C5H12/c1-3-17(20)7-5-4-6-15-11-23-12-16(15)8-9-19(22)18(21)10-14(2)24-13-25;13-8-7-12-5-3-11(4-6-12)2-1-10-9-14;1-5(2,3)4/h3-5,7-10,13,15-16,23H,1,6,11-12H2,2H3,(H,24,25);9,13H,1-8H2,(H,10,14);1-4H3/b5-4-,9-8+,14-10+,17-7+,19-18-;;/t15-,16+;;/m0../s1. The van der Waals surface area contributed by atoms with E-state index in [9.17, 15) is 14.0 Å². The van der Waals surface area contributed by atoms with E-state index in [-0.39, 0.29) is 17.6 Å². The van der Waals surface area contributed by atoms with Gasteiger partial charge in [-0.3, -0.25) is 19.4 Å². The van der Waals surface area contributed by atoms with Gasteiger partial charge in [0, 0.05) is 63.1 Å². The molecule has 2 saturated heterocycles. The maximum atomic E-state index is 14.0. The molecule has 0 aromatic rings. The lowest BCUT2D eigenvalue weighted by molar-refractivity contribution is -0.110. The zero-order valence-corrected chi connectivity index (χ0v) is 28.6. The first kappa shape index (κ1) is 41.7. The monoisotopic (exact) mass is 657 g/mol. The molecule has 250 valence electrons. The van der Waals surface area contributed by atoms with E-state index in [1.165, 1.54) is 12.2 Å². The molecule has 0 aromatic heterocycles. The van der Waals surface area contributed by atoms with Gasteiger partial charge in [0.05, 0.1) is 11.6 Å². The lowest BCUT2D eigenvalue weighted by Crippen LogP contribution is -2.48. The third-order valence-electron chi connectivity index (χ3n) is 6.30. The normalized spacial score (nSPS) is 20.8. The molecule has 11 heteroatoms. The minimum atomic E-state index is -0.532. The average Bonchev–Trinajstić information content (AvgIpc) is 3.42. The third kappa shape index (κ3) is 23.2. The molecular formula is C33H54Cl2FN5O3. The number of rotatable bonds is 15. The molecule has 44 heavy (non-hydrogen) atoms. The molecule has 2 fully saturated rings. The quantitative estimate of drug-likeness (QED) is 0.111. The molecule has 2 rings (SSSR count). The van der Waals surface area contributed by atoms with Crippen molar-refractivity contribution in [1.82, 2.24) is 25.8 Å². The molecular weight excluding hydrogens is 604 g/mol. The van der Waals surface area contributed by atoms with Crippen LogP contribution in [-0.4, -0.2) is 93.2 Å². The molecule has 0 radical (unpaired) electrons. The van der Waals surface area contributed by atoms with Crippen LogP contribution in [0.2, 0.25) is 0 Å². The van der Waals surface area contributed by atoms with E-state index in [0.29, 0.717) is 28.5 Å². The van der Waals surface area contributed by atoms with Gasteiger partial charge in [-0.2, -0.15) is 0 Å². The van der Waals surface area contributed by atoms with Gasteiger partial charge in [-0.25, -0.2) is 4.39 Å². The maximum Gasteiger partial charge on any atom is 0.211 e. The zero-order chi connectivity index (χ0) is 33.4. The summed E-state index contributed by atoms with van der Waals surface area (Å²) in [5.74, 6) is 0.0662. The van der Waals surface area contributed by atoms with Crippen LogP contribution in [0.5, 0.6) is 0 Å². The molecule has 0 bridgehead atoms. The number of aliphatic hydroxyl groups is 1. The van der Waals surface area contributed by atoms with Crippen LogP contribution in [0.1, 0.15) is 41.0 Å². The second kappa shape index (κ2) is 25.0. The molecule has 4 N–H and O–H groups in total. The number of piperazine rings is 1. The highest BCUT2D eigenvalue weighted by molar-refractivity contribution is 6.31. The van der Waals surface area contributed by atoms with Gasteiger partial charge in [-0.05, 0) is 55.4 Å². The molecule has 0 unspecified atom stereocenters. The van der Waals surface area contributed by atoms with Crippen LogP contribution < -0.4 is 16.0 Å². The molecule has 2 amide bonds. The van der Waals surface area contributed by atoms with E-state index in [2.05, 4.69) is 60.0 Å². The fourth-order valence-corrected chi connectivity index (χ4v) is 4.36. The average molecular weight is 659 g/mol. The van der Waals surface area contributed by atoms with Gasteiger partial charge in [-0.15, -0.1) is 0 Å². The first-order chi connectivity index (χ1) is 20.8. The number of carbonyl (C=O) groups is 2. The van der Waals surface area contributed by atoms with Crippen molar-refractivity contribution in [2.75, 3.05) is 65.5 Å². The van der Waals surface area contributed by atoms with Crippen molar-refractivity contribution in [1.29, 1.82) is 0 Å². The largest absolute Gasteiger partial charge is 0.395 e. The SMILES string of the molecule is C=C/C(Cl)=C\C=C/C[C@H]1CNC[C@H]1/C=C/C(F)=C(Cl)\C=C(/C)NC=O.CC(C)(C)C.O=CNCCN1CCN(CCO)CC1. The Balaban J connectivity index is 0.000000811. The van der Waals surface area contributed by atoms with Crippen molar-refractivity contribution in [2.24, 2.45) is 17.3 Å². The van der Waals surface area contributed by atoms with Gasteiger partial charge in [0.1, 0.15) is 5.83 Å². The predicted molar refractivity (Wildman–Crippen MR) is 183 cm³/mol. The Morgan fingerprint density at radius 2 is 1.68 bits per heavy atom. The van der Waals surface area contributed by atoms with Crippen LogP contribution >= 0.6 is 23.2 Å². The number of aliphatic hydroxyl groups excluding tert-OH is 1. The highest BCUT2D eigenvalue weighted by Gasteiger charge is 2.23. The van der Waals surface area contributed by atoms with Gasteiger partial charge >= 0.3 is 0 Å². The fourth-order valence-electron chi connectivity index (χ4n) is 4.06. The van der Waals surface area contributed by atoms with Gasteiger partial charge in [-0.1, -0.05) is 81.8 Å². The van der Waals surface area contributed by atoms with E-state index in [1.807, 2.05) is 18.2 Å². The smallest absolute Gasteiger partial charge is 0.211 e. The van der Waals surface area contributed by atoms with Gasteiger partial charge in [0.2, 0.25) is 12.8 Å². The van der Waals surface area contributed by atoms with Crippen molar-refractivity contribution in [3.05, 3.63) is 70.7 Å². The van der Waals surface area contributed by atoms with Gasteiger partial charge in [0.15, 0.2) is 0 Å². The first-order valence-electron chi connectivity index (χ1n) is 15.0. The van der Waals surface area contributed by atoms with Crippen LogP contribution in [0.25, 0.3) is 0 Å². The second-order valence-electron chi connectivity index (χ2n) is 12.1. The first-order valence-corrected chi connectivity index (χ1v) is 15.8. The van der Waals surface area contributed by atoms with Crippen LogP contribution in [0.15, 0.2) is 70.7 Å². The number of hydrogen-bond acceptors (Lipinski definition) is 6. The fraction of sp³-hybridized carbons (Fsp3) is 0.576. The molecule has 0 aliphatic carbocycles. The van der Waals surface area contributed by atoms with E-state index >= 15 is 0 Å². The molecule has 0 aromatic carbocycles. The van der Waals surface area contributed by atoms with Crippen LogP contribution in [-0.2, 0) is 9.59 Å². The van der Waals surface area contributed by atoms with Gasteiger partial charge < -0.3 is 21.1 Å². The Hall–Kier alpha value is -2.27. The molecule has 0 saturated carbocycles. The summed E-state index contributed by atoms with van der Waals surface area (Å²) in [6.07, 6.45) is 14.0. The number of allylic oxidation sites excluding steroid dienone is 10. The number of carbonyl (C=O) groups excluding carboxylic acids is 2. The summed E-state index contributed by atoms with van der Waals surface area (Å²) in [6.45, 7) is 22.4. The Morgan fingerprint density at radius 3 is 2.23 bits per heavy atom. The molecule has 0 spiro atoms.